The van der Waals surface area contributed by atoms with Crippen molar-refractivity contribution < 1.29 is 64.9 Å². The van der Waals surface area contributed by atoms with E-state index in [1.807, 2.05) is 6.92 Å². The number of ether oxygens (including phenoxy) is 4. The predicted octanol–water partition coefficient (Wildman–Crippen LogP) is 2.15. The monoisotopic (exact) mass is 784 g/mol. The fourth-order valence-corrected chi connectivity index (χ4v) is 13.3. The molecule has 0 radical (unpaired) electrons. The summed E-state index contributed by atoms with van der Waals surface area (Å²) in [5, 5.41) is 97.4. The standard InChI is InChI=1S/C42H72O13/c1-21(2)10-9-14-42(8,51)22-11-16-41(7)29(22)23(45)18-27-39(5)15-13-28(38(3,4)26(39)12-17-40(27,41)6)54-37-35(33(49)31(47)25(20-44)53-37)55-36-34(50)32(48)30(46)24(19-43)52-36/h10,22-37,43-51H,9,11-20H2,1-8H3/t22-,23-,24+,25+,26-,27-,28+,29-,30+,31+,32+,33+,34+,35+,36+,37+,39-,40+,41+,42-/m0/s1. The van der Waals surface area contributed by atoms with Crippen molar-refractivity contribution in [1.82, 2.24) is 0 Å². The van der Waals surface area contributed by atoms with Crippen LogP contribution in [0.2, 0.25) is 0 Å². The van der Waals surface area contributed by atoms with Crippen LogP contribution in [0.15, 0.2) is 11.6 Å². The predicted molar refractivity (Wildman–Crippen MR) is 201 cm³/mol. The number of fused-ring (bicyclic) bond motifs is 5. The zero-order valence-corrected chi connectivity index (χ0v) is 34.3. The summed E-state index contributed by atoms with van der Waals surface area (Å²) in [4.78, 5) is 0. The second kappa shape index (κ2) is 15.7. The molecule has 0 aromatic heterocycles. The van der Waals surface area contributed by atoms with Crippen molar-refractivity contribution >= 4 is 0 Å². The van der Waals surface area contributed by atoms with Crippen LogP contribution in [0, 0.1) is 45.3 Å². The van der Waals surface area contributed by atoms with Gasteiger partial charge in [-0.05, 0) is 124 Å². The quantitative estimate of drug-likeness (QED) is 0.115. The number of aliphatic hydroxyl groups excluding tert-OH is 8. The second-order valence-corrected chi connectivity index (χ2v) is 20.1. The summed E-state index contributed by atoms with van der Waals surface area (Å²) in [6.07, 6.45) is -6.48. The van der Waals surface area contributed by atoms with Crippen molar-refractivity contribution in [2.24, 2.45) is 45.3 Å². The number of rotatable bonds is 10. The van der Waals surface area contributed by atoms with Crippen molar-refractivity contribution in [2.45, 2.75) is 192 Å². The highest BCUT2D eigenvalue weighted by Crippen LogP contribution is 2.76. The number of hydrogen-bond donors (Lipinski definition) is 9. The van der Waals surface area contributed by atoms with Crippen molar-refractivity contribution in [3.05, 3.63) is 11.6 Å². The highest BCUT2D eigenvalue weighted by atomic mass is 16.8. The lowest BCUT2D eigenvalue weighted by atomic mass is 9.35. The Hall–Kier alpha value is -0.780. The van der Waals surface area contributed by atoms with Crippen molar-refractivity contribution in [2.75, 3.05) is 13.2 Å². The molecule has 0 bridgehead atoms. The topological polar surface area (TPSA) is 219 Å². The molecule has 9 N–H and O–H groups in total. The zero-order chi connectivity index (χ0) is 40.6. The van der Waals surface area contributed by atoms with E-state index < -0.39 is 97.8 Å². The minimum atomic E-state index is -1.75. The lowest BCUT2D eigenvalue weighted by Gasteiger charge is -2.70. The number of hydrogen-bond acceptors (Lipinski definition) is 13. The summed E-state index contributed by atoms with van der Waals surface area (Å²) in [5.74, 6) is 0.445. The van der Waals surface area contributed by atoms with Crippen LogP contribution in [0.1, 0.15) is 113 Å². The van der Waals surface area contributed by atoms with Crippen LogP contribution in [-0.4, -0.2) is 138 Å². The van der Waals surface area contributed by atoms with Crippen molar-refractivity contribution in [3.8, 4) is 0 Å². The Morgan fingerprint density at radius 2 is 1.33 bits per heavy atom. The van der Waals surface area contributed by atoms with Crippen LogP contribution in [0.3, 0.4) is 0 Å². The number of aliphatic hydroxyl groups is 9. The molecule has 2 saturated heterocycles. The van der Waals surface area contributed by atoms with Gasteiger partial charge in [0.25, 0.3) is 0 Å². The molecule has 4 aliphatic carbocycles. The molecule has 0 amide bonds. The van der Waals surface area contributed by atoms with Crippen molar-refractivity contribution in [3.63, 3.8) is 0 Å². The molecule has 6 rings (SSSR count). The fourth-order valence-electron chi connectivity index (χ4n) is 13.3. The Morgan fingerprint density at radius 3 is 1.95 bits per heavy atom. The Morgan fingerprint density at radius 1 is 0.727 bits per heavy atom. The molecule has 13 heteroatoms. The highest BCUT2D eigenvalue weighted by Gasteiger charge is 2.71. The molecule has 0 aromatic carbocycles. The largest absolute Gasteiger partial charge is 0.394 e. The Bertz CT molecular complexity index is 1370. The highest BCUT2D eigenvalue weighted by molar-refractivity contribution is 5.20. The van der Waals surface area contributed by atoms with Gasteiger partial charge in [0.15, 0.2) is 12.6 Å². The summed E-state index contributed by atoms with van der Waals surface area (Å²) in [6, 6.07) is 0. The maximum absolute atomic E-state index is 12.2. The molecule has 318 valence electrons. The van der Waals surface area contributed by atoms with E-state index in [9.17, 15) is 46.0 Å². The average molecular weight is 785 g/mol. The van der Waals surface area contributed by atoms with Gasteiger partial charge in [0.1, 0.15) is 48.8 Å². The van der Waals surface area contributed by atoms with E-state index in [4.69, 9.17) is 18.9 Å². The lowest BCUT2D eigenvalue weighted by Crippen LogP contribution is -2.68. The maximum Gasteiger partial charge on any atom is 0.187 e. The summed E-state index contributed by atoms with van der Waals surface area (Å²) in [5.41, 5.74) is -0.405. The Balaban J connectivity index is 1.23. The van der Waals surface area contributed by atoms with Gasteiger partial charge < -0.3 is 64.9 Å². The molecule has 0 spiro atoms. The van der Waals surface area contributed by atoms with Gasteiger partial charge in [-0.2, -0.15) is 0 Å². The minimum absolute atomic E-state index is 0.00798. The molecule has 6 aliphatic rings. The molecule has 2 aliphatic heterocycles. The van der Waals surface area contributed by atoms with Gasteiger partial charge in [0, 0.05) is 0 Å². The van der Waals surface area contributed by atoms with Gasteiger partial charge in [-0.3, -0.25) is 0 Å². The van der Waals surface area contributed by atoms with E-state index in [1.165, 1.54) is 5.57 Å². The van der Waals surface area contributed by atoms with E-state index in [1.54, 1.807) is 0 Å². The number of allylic oxidation sites excluding steroid dienone is 2. The smallest absolute Gasteiger partial charge is 0.187 e. The molecule has 4 saturated carbocycles. The first-order chi connectivity index (χ1) is 25.6. The average Bonchev–Trinajstić information content (AvgIpc) is 3.50. The van der Waals surface area contributed by atoms with E-state index in [0.29, 0.717) is 19.3 Å². The summed E-state index contributed by atoms with van der Waals surface area (Å²) in [7, 11) is 0. The SMILES string of the molecule is CC(C)=CCC[C@](C)(O)[C@H]1CC[C@]2(C)[C@@H]1[C@@H](O)C[C@H]1[C@@]3(C)CC[C@@H](O[C@H]4O[C@H](CO)[C@@H](O)[C@@H](O)[C@H]4O[C@H]4O[C@H](CO)[C@@H](O)[C@@H](O)[C@H]4O)C(C)(C)[C@@H]3CC[C@]12C. The van der Waals surface area contributed by atoms with E-state index >= 15 is 0 Å². The lowest BCUT2D eigenvalue weighted by molar-refractivity contribution is -0.378. The molecule has 0 unspecified atom stereocenters. The third kappa shape index (κ3) is 7.20. The summed E-state index contributed by atoms with van der Waals surface area (Å²) < 4.78 is 24.4. The fraction of sp³-hybridized carbons (Fsp3) is 0.952. The van der Waals surface area contributed by atoms with Crippen LogP contribution in [0.5, 0.6) is 0 Å². The molecule has 13 nitrogen and oxygen atoms in total. The molecule has 0 aromatic rings. The molecule has 55 heavy (non-hydrogen) atoms. The van der Waals surface area contributed by atoms with Gasteiger partial charge in [-0.1, -0.05) is 46.3 Å². The van der Waals surface area contributed by atoms with Gasteiger partial charge >= 0.3 is 0 Å². The van der Waals surface area contributed by atoms with Crippen LogP contribution >= 0.6 is 0 Å². The summed E-state index contributed by atoms with van der Waals surface area (Å²) >= 11 is 0. The molecular weight excluding hydrogens is 712 g/mol. The first-order valence-corrected chi connectivity index (χ1v) is 20.9. The van der Waals surface area contributed by atoms with Gasteiger partial charge in [0.05, 0.1) is 31.0 Å². The third-order valence-electron chi connectivity index (χ3n) is 16.6. The second-order valence-electron chi connectivity index (χ2n) is 20.1. The first-order valence-electron chi connectivity index (χ1n) is 20.9. The molecule has 2 heterocycles. The van der Waals surface area contributed by atoms with E-state index in [2.05, 4.69) is 54.5 Å². The van der Waals surface area contributed by atoms with E-state index in [0.717, 1.165) is 38.5 Å². The normalized spacial score (nSPS) is 52.0. The van der Waals surface area contributed by atoms with Gasteiger partial charge in [0.2, 0.25) is 0 Å². The molecular formula is C42H72O13. The van der Waals surface area contributed by atoms with Crippen molar-refractivity contribution in [1.29, 1.82) is 0 Å². The maximum atomic E-state index is 12.2. The first kappa shape index (κ1) is 43.8. The molecule has 6 fully saturated rings. The van der Waals surface area contributed by atoms with Gasteiger partial charge in [-0.25, -0.2) is 0 Å². The van der Waals surface area contributed by atoms with Crippen LogP contribution in [-0.2, 0) is 18.9 Å². The Labute approximate surface area is 327 Å². The van der Waals surface area contributed by atoms with Crippen LogP contribution < -0.4 is 0 Å². The van der Waals surface area contributed by atoms with Crippen LogP contribution in [0.25, 0.3) is 0 Å². The third-order valence-corrected chi connectivity index (χ3v) is 16.6. The Kier molecular flexibility index (Phi) is 12.5. The molecule has 20 atom stereocenters. The van der Waals surface area contributed by atoms with E-state index in [-0.39, 0.29) is 39.9 Å². The summed E-state index contributed by atoms with van der Waals surface area (Å²) in [6.45, 7) is 16.5. The van der Waals surface area contributed by atoms with Gasteiger partial charge in [-0.15, -0.1) is 0 Å². The van der Waals surface area contributed by atoms with Crippen LogP contribution in [0.4, 0.5) is 0 Å². The minimum Gasteiger partial charge on any atom is -0.394 e. The zero-order valence-electron chi connectivity index (χ0n) is 34.3.